The average molecular weight is 289 g/mol. The van der Waals surface area contributed by atoms with Crippen LogP contribution in [-0.4, -0.2) is 30.1 Å². The average Bonchev–Trinajstić information content (AvgIpc) is 2.46. The van der Waals surface area contributed by atoms with Crippen molar-refractivity contribution in [2.45, 2.75) is 4.90 Å². The Balaban J connectivity index is 2.30. The minimum atomic E-state index is -3.77. The number of pyridine rings is 1. The third kappa shape index (κ3) is 3.50. The smallest absolute Gasteiger partial charge is 0.264 e. The molecule has 0 aromatic carbocycles. The van der Waals surface area contributed by atoms with Crippen molar-refractivity contribution in [1.29, 1.82) is 0 Å². The summed E-state index contributed by atoms with van der Waals surface area (Å²) in [4.78, 5) is 3.84. The molecule has 0 fully saturated rings. The van der Waals surface area contributed by atoms with Crippen LogP contribution < -0.4 is 10.5 Å². The van der Waals surface area contributed by atoms with Gasteiger partial charge in [-0.25, -0.2) is 8.42 Å². The Morgan fingerprint density at radius 1 is 1.35 bits per heavy atom. The van der Waals surface area contributed by atoms with Gasteiger partial charge in [0.25, 0.3) is 10.0 Å². The number of aromatic nitrogens is 3. The van der Waals surface area contributed by atoms with E-state index in [0.717, 1.165) is 0 Å². The van der Waals surface area contributed by atoms with E-state index in [1.54, 1.807) is 6.07 Å². The Bertz CT molecular complexity index is 750. The minimum absolute atomic E-state index is 0.00743. The molecule has 7 nitrogen and oxygen atoms in total. The standard InChI is InChI=1S/C12H11N5O2S/c13-5-1-3-10-7-11(9-14-8-10)20(18,19)17-12-4-2-6-15-16-12/h2,4,6-9H,5,13H2,(H,16,17). The summed E-state index contributed by atoms with van der Waals surface area (Å²) in [6, 6.07) is 4.48. The summed E-state index contributed by atoms with van der Waals surface area (Å²) >= 11 is 0. The molecule has 3 N–H and O–H groups in total. The molecule has 20 heavy (non-hydrogen) atoms. The molecule has 0 saturated heterocycles. The van der Waals surface area contributed by atoms with Crippen LogP contribution in [0.2, 0.25) is 0 Å². The first-order valence-electron chi connectivity index (χ1n) is 5.56. The highest BCUT2D eigenvalue weighted by molar-refractivity contribution is 7.92. The van der Waals surface area contributed by atoms with Gasteiger partial charge in [-0.2, -0.15) is 5.10 Å². The highest BCUT2D eigenvalue weighted by Gasteiger charge is 2.15. The molecule has 102 valence electrons. The minimum Gasteiger partial charge on any atom is -0.320 e. The van der Waals surface area contributed by atoms with Gasteiger partial charge in [0.2, 0.25) is 0 Å². The molecule has 0 saturated carbocycles. The molecule has 2 aromatic heterocycles. The van der Waals surface area contributed by atoms with Gasteiger partial charge >= 0.3 is 0 Å². The van der Waals surface area contributed by atoms with E-state index in [0.29, 0.717) is 5.56 Å². The molecule has 2 aromatic rings. The number of anilines is 1. The van der Waals surface area contributed by atoms with Gasteiger partial charge in [-0.05, 0) is 18.2 Å². The maximum Gasteiger partial charge on any atom is 0.264 e. The van der Waals surface area contributed by atoms with Crippen LogP contribution >= 0.6 is 0 Å². The van der Waals surface area contributed by atoms with Crippen molar-refractivity contribution in [2.75, 3.05) is 11.3 Å². The number of sulfonamides is 1. The second-order valence-corrected chi connectivity index (χ2v) is 5.31. The van der Waals surface area contributed by atoms with E-state index >= 15 is 0 Å². The molecular weight excluding hydrogens is 278 g/mol. The largest absolute Gasteiger partial charge is 0.320 e. The van der Waals surface area contributed by atoms with E-state index in [2.05, 4.69) is 31.7 Å². The highest BCUT2D eigenvalue weighted by Crippen LogP contribution is 2.13. The second kappa shape index (κ2) is 6.10. The van der Waals surface area contributed by atoms with Crippen LogP contribution in [0.1, 0.15) is 5.56 Å². The van der Waals surface area contributed by atoms with E-state index < -0.39 is 10.0 Å². The molecule has 0 spiro atoms. The van der Waals surface area contributed by atoms with Crippen molar-refractivity contribution in [3.8, 4) is 11.8 Å². The van der Waals surface area contributed by atoms with Crippen molar-refractivity contribution in [3.05, 3.63) is 42.4 Å². The molecule has 0 aliphatic carbocycles. The summed E-state index contributed by atoms with van der Waals surface area (Å²) in [5.74, 6) is 5.49. The number of nitrogens with zero attached hydrogens (tertiary/aromatic N) is 3. The monoisotopic (exact) mass is 289 g/mol. The summed E-state index contributed by atoms with van der Waals surface area (Å²) < 4.78 is 26.6. The molecule has 2 rings (SSSR count). The molecule has 0 radical (unpaired) electrons. The van der Waals surface area contributed by atoms with Crippen LogP contribution in [0.3, 0.4) is 0 Å². The number of hydrogen-bond donors (Lipinski definition) is 2. The van der Waals surface area contributed by atoms with Crippen molar-refractivity contribution in [1.82, 2.24) is 15.2 Å². The predicted molar refractivity (Wildman–Crippen MR) is 73.0 cm³/mol. The van der Waals surface area contributed by atoms with Gasteiger partial charge in [0.1, 0.15) is 4.90 Å². The van der Waals surface area contributed by atoms with Crippen molar-refractivity contribution < 1.29 is 8.42 Å². The van der Waals surface area contributed by atoms with Crippen LogP contribution in [0.15, 0.2) is 41.7 Å². The quantitative estimate of drug-likeness (QED) is 0.768. The fraction of sp³-hybridized carbons (Fsp3) is 0.0833. The molecule has 0 atom stereocenters. The topological polar surface area (TPSA) is 111 Å². The van der Waals surface area contributed by atoms with E-state index in [9.17, 15) is 8.42 Å². The molecule has 8 heteroatoms. The highest BCUT2D eigenvalue weighted by atomic mass is 32.2. The van der Waals surface area contributed by atoms with Gasteiger partial charge in [0.15, 0.2) is 5.82 Å². The van der Waals surface area contributed by atoms with Gasteiger partial charge in [0, 0.05) is 24.2 Å². The lowest BCUT2D eigenvalue weighted by atomic mass is 10.3. The maximum atomic E-state index is 12.1. The van der Waals surface area contributed by atoms with E-state index in [4.69, 9.17) is 5.73 Å². The summed E-state index contributed by atoms with van der Waals surface area (Å²) in [7, 11) is -3.77. The number of rotatable bonds is 3. The molecular formula is C12H11N5O2S. The Labute approximate surface area is 116 Å². The maximum absolute atomic E-state index is 12.1. The molecule has 0 bridgehead atoms. The zero-order valence-corrected chi connectivity index (χ0v) is 11.1. The molecule has 0 unspecified atom stereocenters. The normalized spacial score (nSPS) is 10.4. The van der Waals surface area contributed by atoms with Crippen LogP contribution in [0.4, 0.5) is 5.82 Å². The van der Waals surface area contributed by atoms with E-state index in [1.165, 1.54) is 30.7 Å². The number of nitrogens with two attached hydrogens (primary N) is 1. The van der Waals surface area contributed by atoms with Gasteiger partial charge in [-0.15, -0.1) is 5.10 Å². The summed E-state index contributed by atoms with van der Waals surface area (Å²) in [6.07, 6.45) is 4.14. The lowest BCUT2D eigenvalue weighted by molar-refractivity contribution is 0.600. The number of nitrogens with one attached hydrogen (secondary N) is 1. The fourth-order valence-electron chi connectivity index (χ4n) is 1.34. The predicted octanol–water partition coefficient (Wildman–Crippen LogP) is -0.0174. The first-order chi connectivity index (χ1) is 9.62. The zero-order valence-electron chi connectivity index (χ0n) is 10.3. The van der Waals surface area contributed by atoms with Crippen molar-refractivity contribution in [3.63, 3.8) is 0 Å². The Hall–Kier alpha value is -2.50. The Morgan fingerprint density at radius 2 is 2.20 bits per heavy atom. The summed E-state index contributed by atoms with van der Waals surface area (Å²) in [5, 5.41) is 7.25. The SMILES string of the molecule is NCC#Cc1cncc(S(=O)(=O)Nc2cccnn2)c1. The van der Waals surface area contributed by atoms with Crippen LogP contribution in [0, 0.1) is 11.8 Å². The molecule has 0 aliphatic rings. The lowest BCUT2D eigenvalue weighted by Crippen LogP contribution is -2.14. The van der Waals surface area contributed by atoms with Crippen molar-refractivity contribution in [2.24, 2.45) is 5.73 Å². The zero-order chi connectivity index (χ0) is 14.4. The third-order valence-corrected chi connectivity index (χ3v) is 3.49. The van der Waals surface area contributed by atoms with E-state index in [1.807, 2.05) is 0 Å². The van der Waals surface area contributed by atoms with Gasteiger partial charge < -0.3 is 5.73 Å². The molecule has 0 amide bonds. The Kier molecular flexibility index (Phi) is 4.24. The molecule has 0 aliphatic heterocycles. The molecule has 2 heterocycles. The second-order valence-electron chi connectivity index (χ2n) is 3.63. The first kappa shape index (κ1) is 13.9. The van der Waals surface area contributed by atoms with Gasteiger partial charge in [-0.3, -0.25) is 9.71 Å². The summed E-state index contributed by atoms with van der Waals surface area (Å²) in [5.41, 5.74) is 5.73. The summed E-state index contributed by atoms with van der Waals surface area (Å²) in [6.45, 7) is 0.189. The van der Waals surface area contributed by atoms with Crippen LogP contribution in [-0.2, 0) is 10.0 Å². The number of hydrogen-bond acceptors (Lipinski definition) is 6. The van der Waals surface area contributed by atoms with Gasteiger partial charge in [0.05, 0.1) is 6.54 Å². The first-order valence-corrected chi connectivity index (χ1v) is 7.04. The van der Waals surface area contributed by atoms with Crippen LogP contribution in [0.5, 0.6) is 0 Å². The van der Waals surface area contributed by atoms with Crippen LogP contribution in [0.25, 0.3) is 0 Å². The van der Waals surface area contributed by atoms with Gasteiger partial charge in [-0.1, -0.05) is 11.8 Å². The van der Waals surface area contributed by atoms with Crippen molar-refractivity contribution >= 4 is 15.8 Å². The lowest BCUT2D eigenvalue weighted by Gasteiger charge is -2.06. The third-order valence-electron chi connectivity index (χ3n) is 2.17. The van der Waals surface area contributed by atoms with E-state index in [-0.39, 0.29) is 17.3 Å². The fourth-order valence-corrected chi connectivity index (χ4v) is 2.32. The Morgan fingerprint density at radius 3 is 2.90 bits per heavy atom.